The van der Waals surface area contributed by atoms with Gasteiger partial charge in [0.05, 0.1) is 11.9 Å². The molecule has 1 unspecified atom stereocenters. The zero-order chi connectivity index (χ0) is 12.2. The molecule has 1 rings (SSSR count). The Hall–Kier alpha value is -1.40. The lowest BCUT2D eigenvalue weighted by molar-refractivity contribution is -0.150. The Morgan fingerprint density at radius 2 is 2.38 bits per heavy atom. The predicted octanol–water partition coefficient (Wildman–Crippen LogP) is 0.725. The zero-order valence-corrected chi connectivity index (χ0v) is 9.65. The summed E-state index contributed by atoms with van der Waals surface area (Å²) < 4.78 is 0. The van der Waals surface area contributed by atoms with Crippen molar-refractivity contribution < 1.29 is 14.7 Å². The largest absolute Gasteiger partial charge is 0.480 e. The number of rotatable bonds is 5. The van der Waals surface area contributed by atoms with Crippen LogP contribution in [0.1, 0.15) is 26.5 Å². The molecule has 0 fully saturated rings. The molecule has 6 heteroatoms. The number of nitrogens with zero attached hydrogens (tertiary/aromatic N) is 1. The molecule has 1 heterocycles. The number of imidazole rings is 1. The van der Waals surface area contributed by atoms with Crippen LogP contribution < -0.4 is 5.48 Å². The number of nitrogens with one attached hydrogen (secondary N) is 2. The summed E-state index contributed by atoms with van der Waals surface area (Å²) in [5.74, 6) is -0.959. The quantitative estimate of drug-likeness (QED) is 0.645. The van der Waals surface area contributed by atoms with Gasteiger partial charge in [-0.05, 0) is 20.8 Å². The van der Waals surface area contributed by atoms with Crippen molar-refractivity contribution in [2.45, 2.75) is 38.8 Å². The number of hydroxylamine groups is 1. The topological polar surface area (TPSA) is 87.2 Å². The van der Waals surface area contributed by atoms with E-state index in [0.717, 1.165) is 5.69 Å². The van der Waals surface area contributed by atoms with Crippen LogP contribution in [0, 0.1) is 0 Å². The minimum absolute atomic E-state index is 0.297. The Balaban J connectivity index is 2.52. The number of carbonyl (C=O) groups is 1. The van der Waals surface area contributed by atoms with Crippen LogP contribution in [-0.2, 0) is 16.1 Å². The molecule has 0 aliphatic heterocycles. The normalized spacial score (nSPS) is 13.7. The average Bonchev–Trinajstić information content (AvgIpc) is 2.62. The van der Waals surface area contributed by atoms with Crippen LogP contribution in [0.2, 0.25) is 0 Å². The van der Waals surface area contributed by atoms with Crippen LogP contribution in [0.4, 0.5) is 0 Å². The molecule has 0 bridgehead atoms. The summed E-state index contributed by atoms with van der Waals surface area (Å²) in [4.78, 5) is 22.9. The van der Waals surface area contributed by atoms with E-state index in [4.69, 9.17) is 9.94 Å². The number of aliphatic carboxylic acids is 1. The first-order chi connectivity index (χ1) is 7.38. The lowest BCUT2D eigenvalue weighted by atomic mass is 10.2. The molecule has 0 aromatic carbocycles. The highest BCUT2D eigenvalue weighted by atomic mass is 16.7. The smallest absolute Gasteiger partial charge is 0.323 e. The summed E-state index contributed by atoms with van der Waals surface area (Å²) in [5, 5.41) is 8.99. The lowest BCUT2D eigenvalue weighted by Gasteiger charge is -2.22. The number of hydrogen-bond acceptors (Lipinski definition) is 4. The number of H-pyrrole nitrogens is 1. The van der Waals surface area contributed by atoms with Crippen molar-refractivity contribution in [3.8, 4) is 0 Å². The monoisotopic (exact) mass is 227 g/mol. The number of hydrogen-bond donors (Lipinski definition) is 3. The maximum atomic E-state index is 11.0. The first kappa shape index (κ1) is 12.7. The maximum Gasteiger partial charge on any atom is 0.323 e. The third-order valence-corrected chi connectivity index (χ3v) is 1.78. The van der Waals surface area contributed by atoms with E-state index in [1.807, 2.05) is 20.8 Å². The fourth-order valence-electron chi connectivity index (χ4n) is 1.04. The van der Waals surface area contributed by atoms with E-state index in [2.05, 4.69) is 15.4 Å². The molecule has 0 aliphatic carbocycles. The second-order valence-electron chi connectivity index (χ2n) is 4.50. The average molecular weight is 227 g/mol. The van der Waals surface area contributed by atoms with Crippen LogP contribution in [0.3, 0.4) is 0 Å². The van der Waals surface area contributed by atoms with Gasteiger partial charge >= 0.3 is 5.97 Å². The summed E-state index contributed by atoms with van der Waals surface area (Å²) in [5.41, 5.74) is 2.87. The van der Waals surface area contributed by atoms with Crippen molar-refractivity contribution >= 4 is 5.97 Å². The number of aromatic nitrogens is 2. The van der Waals surface area contributed by atoms with E-state index in [1.54, 1.807) is 6.20 Å². The second-order valence-corrected chi connectivity index (χ2v) is 4.50. The standard InChI is InChI=1S/C10H17N3O3/c1-10(2,3)16-13-8(9(14)15)4-7-5-11-6-12-7/h5-6,8,13H,4H2,1-3H3,(H,11,12)(H,14,15). The van der Waals surface area contributed by atoms with E-state index in [-0.39, 0.29) is 0 Å². The van der Waals surface area contributed by atoms with E-state index in [9.17, 15) is 4.79 Å². The number of carboxylic acids is 1. The Morgan fingerprint density at radius 3 is 2.81 bits per heavy atom. The molecule has 0 amide bonds. The van der Waals surface area contributed by atoms with Crippen molar-refractivity contribution in [2.24, 2.45) is 0 Å². The van der Waals surface area contributed by atoms with Gasteiger partial charge < -0.3 is 10.1 Å². The molecule has 6 nitrogen and oxygen atoms in total. The third kappa shape index (κ3) is 4.41. The zero-order valence-electron chi connectivity index (χ0n) is 9.65. The molecule has 1 atom stereocenters. The summed E-state index contributed by atoms with van der Waals surface area (Å²) in [6.07, 6.45) is 3.40. The highest BCUT2D eigenvalue weighted by Crippen LogP contribution is 2.06. The van der Waals surface area contributed by atoms with Crippen LogP contribution in [0.15, 0.2) is 12.5 Å². The fraction of sp³-hybridized carbons (Fsp3) is 0.600. The first-order valence-corrected chi connectivity index (χ1v) is 5.02. The molecule has 0 saturated carbocycles. The van der Waals surface area contributed by atoms with Gasteiger partial charge in [0.2, 0.25) is 0 Å². The van der Waals surface area contributed by atoms with Gasteiger partial charge in [-0.3, -0.25) is 9.63 Å². The third-order valence-electron chi connectivity index (χ3n) is 1.78. The summed E-state index contributed by atoms with van der Waals surface area (Å²) in [6.45, 7) is 5.53. The highest BCUT2D eigenvalue weighted by molar-refractivity contribution is 5.73. The predicted molar refractivity (Wildman–Crippen MR) is 57.7 cm³/mol. The molecule has 90 valence electrons. The van der Waals surface area contributed by atoms with Gasteiger partial charge in [-0.2, -0.15) is 5.48 Å². The van der Waals surface area contributed by atoms with Crippen molar-refractivity contribution in [3.05, 3.63) is 18.2 Å². The highest BCUT2D eigenvalue weighted by Gasteiger charge is 2.21. The molecule has 0 saturated heterocycles. The van der Waals surface area contributed by atoms with Gasteiger partial charge in [-0.1, -0.05) is 0 Å². The first-order valence-electron chi connectivity index (χ1n) is 5.02. The van der Waals surface area contributed by atoms with Crippen LogP contribution >= 0.6 is 0 Å². The fourth-order valence-corrected chi connectivity index (χ4v) is 1.04. The summed E-state index contributed by atoms with van der Waals surface area (Å²) in [7, 11) is 0. The van der Waals surface area contributed by atoms with Crippen molar-refractivity contribution in [1.29, 1.82) is 0 Å². The summed E-state index contributed by atoms with van der Waals surface area (Å²) in [6, 6.07) is -0.792. The van der Waals surface area contributed by atoms with Gasteiger partial charge in [0, 0.05) is 18.3 Å². The molecule has 1 aromatic rings. The van der Waals surface area contributed by atoms with Gasteiger partial charge in [0.1, 0.15) is 6.04 Å². The van der Waals surface area contributed by atoms with E-state index >= 15 is 0 Å². The SMILES string of the molecule is CC(C)(C)ONC(Cc1cnc[nH]1)C(=O)O. The number of carboxylic acid groups (broad SMARTS) is 1. The molecule has 0 radical (unpaired) electrons. The number of aromatic amines is 1. The van der Waals surface area contributed by atoms with Gasteiger partial charge in [-0.15, -0.1) is 0 Å². The molecule has 3 N–H and O–H groups in total. The maximum absolute atomic E-state index is 11.0. The molecule has 0 spiro atoms. The second kappa shape index (κ2) is 5.09. The Bertz CT molecular complexity index is 330. The van der Waals surface area contributed by atoms with Gasteiger partial charge in [-0.25, -0.2) is 4.98 Å². The van der Waals surface area contributed by atoms with Gasteiger partial charge in [0.25, 0.3) is 0 Å². The van der Waals surface area contributed by atoms with E-state index < -0.39 is 17.6 Å². The minimum Gasteiger partial charge on any atom is -0.480 e. The minimum atomic E-state index is -0.959. The molecular weight excluding hydrogens is 210 g/mol. The Kier molecular flexibility index (Phi) is 4.03. The molecule has 1 aromatic heterocycles. The van der Waals surface area contributed by atoms with Crippen LogP contribution in [-0.4, -0.2) is 32.7 Å². The van der Waals surface area contributed by atoms with E-state index in [0.29, 0.717) is 6.42 Å². The lowest BCUT2D eigenvalue weighted by Crippen LogP contribution is -2.42. The van der Waals surface area contributed by atoms with Crippen molar-refractivity contribution in [1.82, 2.24) is 15.4 Å². The van der Waals surface area contributed by atoms with Crippen molar-refractivity contribution in [2.75, 3.05) is 0 Å². The van der Waals surface area contributed by atoms with Crippen molar-refractivity contribution in [3.63, 3.8) is 0 Å². The van der Waals surface area contributed by atoms with Crippen LogP contribution in [0.5, 0.6) is 0 Å². The van der Waals surface area contributed by atoms with Crippen LogP contribution in [0.25, 0.3) is 0 Å². The molecule has 0 aliphatic rings. The molecule has 16 heavy (non-hydrogen) atoms. The Morgan fingerprint density at radius 1 is 1.69 bits per heavy atom. The van der Waals surface area contributed by atoms with E-state index in [1.165, 1.54) is 6.33 Å². The van der Waals surface area contributed by atoms with Gasteiger partial charge in [0.15, 0.2) is 0 Å². The molecular formula is C10H17N3O3. The summed E-state index contributed by atoms with van der Waals surface area (Å²) >= 11 is 0. The Labute approximate surface area is 94.0 Å².